The minimum Gasteiger partial charge on any atom is -0.323 e. The molecule has 0 aliphatic rings. The molecule has 0 spiro atoms. The van der Waals surface area contributed by atoms with Crippen molar-refractivity contribution in [2.75, 3.05) is 0 Å². The van der Waals surface area contributed by atoms with Crippen LogP contribution in [0.5, 0.6) is 0 Å². The summed E-state index contributed by atoms with van der Waals surface area (Å²) in [5.74, 6) is -4.04. The van der Waals surface area contributed by atoms with E-state index in [1.54, 1.807) is 0 Å². The molecule has 84 valence electrons. The Bertz CT molecular complexity index is 377. The first-order chi connectivity index (χ1) is 6.76. The summed E-state index contributed by atoms with van der Waals surface area (Å²) in [4.78, 5) is 0. The van der Waals surface area contributed by atoms with E-state index in [1.807, 2.05) is 0 Å². The van der Waals surface area contributed by atoms with Crippen molar-refractivity contribution in [3.8, 4) is 0 Å². The van der Waals surface area contributed by atoms with E-state index in [0.29, 0.717) is 0 Å². The van der Waals surface area contributed by atoms with Crippen LogP contribution in [0.25, 0.3) is 0 Å². The van der Waals surface area contributed by atoms with Crippen LogP contribution in [0.2, 0.25) is 5.02 Å². The van der Waals surface area contributed by atoms with Crippen LogP contribution in [-0.2, 0) is 5.92 Å². The second kappa shape index (κ2) is 4.02. The molecule has 5 heteroatoms. The predicted octanol–water partition coefficient (Wildman–Crippen LogP) is 3.23. The Morgan fingerprint density at radius 1 is 1.40 bits per heavy atom. The standard InChI is InChI=1S/C10H11ClF3N/c1-5-3-8(11)7(4-9(5)12)10(13,14)6(2)15/h3-4,6H,15H2,1-2H3. The molecule has 0 aromatic heterocycles. The highest BCUT2D eigenvalue weighted by molar-refractivity contribution is 6.31. The SMILES string of the molecule is Cc1cc(Cl)c(C(F)(F)C(C)N)cc1F. The molecule has 0 aliphatic heterocycles. The summed E-state index contributed by atoms with van der Waals surface area (Å²) in [6, 6.07) is 0.487. The summed E-state index contributed by atoms with van der Waals surface area (Å²) in [6.07, 6.45) is 0. The topological polar surface area (TPSA) is 26.0 Å². The van der Waals surface area contributed by atoms with Crippen LogP contribution in [0.3, 0.4) is 0 Å². The van der Waals surface area contributed by atoms with Gasteiger partial charge in [-0.3, -0.25) is 0 Å². The van der Waals surface area contributed by atoms with Crippen molar-refractivity contribution < 1.29 is 13.2 Å². The average Bonchev–Trinajstić information content (AvgIpc) is 2.10. The van der Waals surface area contributed by atoms with E-state index in [9.17, 15) is 13.2 Å². The molecule has 1 aromatic carbocycles. The van der Waals surface area contributed by atoms with Gasteiger partial charge in [0.1, 0.15) is 5.82 Å². The summed E-state index contributed by atoms with van der Waals surface area (Å²) < 4.78 is 40.1. The maximum Gasteiger partial charge on any atom is 0.289 e. The van der Waals surface area contributed by atoms with Gasteiger partial charge in [-0.15, -0.1) is 0 Å². The number of rotatable bonds is 2. The molecule has 0 fully saturated rings. The Balaban J connectivity index is 3.32. The first kappa shape index (κ1) is 12.3. The van der Waals surface area contributed by atoms with Crippen molar-refractivity contribution in [2.45, 2.75) is 25.8 Å². The number of hydrogen-bond donors (Lipinski definition) is 1. The van der Waals surface area contributed by atoms with Gasteiger partial charge in [0, 0.05) is 5.56 Å². The van der Waals surface area contributed by atoms with E-state index >= 15 is 0 Å². The van der Waals surface area contributed by atoms with Crippen molar-refractivity contribution in [3.63, 3.8) is 0 Å². The van der Waals surface area contributed by atoms with Gasteiger partial charge in [0.2, 0.25) is 0 Å². The van der Waals surface area contributed by atoms with Gasteiger partial charge in [0.05, 0.1) is 11.1 Å². The van der Waals surface area contributed by atoms with Crippen molar-refractivity contribution in [3.05, 3.63) is 34.1 Å². The molecule has 1 atom stereocenters. The van der Waals surface area contributed by atoms with Crippen LogP contribution in [0.15, 0.2) is 12.1 Å². The van der Waals surface area contributed by atoms with Crippen molar-refractivity contribution in [1.82, 2.24) is 0 Å². The van der Waals surface area contributed by atoms with Crippen LogP contribution in [0, 0.1) is 12.7 Å². The molecule has 1 aromatic rings. The average molecular weight is 238 g/mol. The molecular weight excluding hydrogens is 227 g/mol. The lowest BCUT2D eigenvalue weighted by Gasteiger charge is -2.22. The molecule has 0 aliphatic carbocycles. The van der Waals surface area contributed by atoms with Gasteiger partial charge in [0.25, 0.3) is 5.92 Å². The van der Waals surface area contributed by atoms with Gasteiger partial charge in [-0.25, -0.2) is 4.39 Å². The van der Waals surface area contributed by atoms with E-state index in [1.165, 1.54) is 13.0 Å². The molecular formula is C10H11ClF3N. The van der Waals surface area contributed by atoms with E-state index in [2.05, 4.69) is 0 Å². The third-order valence-corrected chi connectivity index (χ3v) is 2.49. The van der Waals surface area contributed by atoms with Crippen molar-refractivity contribution >= 4 is 11.6 Å². The summed E-state index contributed by atoms with van der Waals surface area (Å²) in [5.41, 5.74) is 4.79. The molecule has 1 unspecified atom stereocenters. The lowest BCUT2D eigenvalue weighted by Crippen LogP contribution is -2.36. The molecule has 0 amide bonds. The summed E-state index contributed by atoms with van der Waals surface area (Å²) in [7, 11) is 0. The first-order valence-corrected chi connectivity index (χ1v) is 4.74. The maximum absolute atomic E-state index is 13.5. The van der Waals surface area contributed by atoms with Crippen molar-refractivity contribution in [2.24, 2.45) is 5.73 Å². The number of aryl methyl sites for hydroxylation is 1. The minimum absolute atomic E-state index is 0.170. The van der Waals surface area contributed by atoms with E-state index in [-0.39, 0.29) is 10.6 Å². The van der Waals surface area contributed by atoms with Gasteiger partial charge in [0.15, 0.2) is 0 Å². The third kappa shape index (κ3) is 2.26. The summed E-state index contributed by atoms with van der Waals surface area (Å²) in [5, 5.41) is -0.170. The third-order valence-electron chi connectivity index (χ3n) is 2.18. The van der Waals surface area contributed by atoms with Crippen LogP contribution < -0.4 is 5.73 Å². The van der Waals surface area contributed by atoms with Crippen LogP contribution in [0.1, 0.15) is 18.1 Å². The smallest absolute Gasteiger partial charge is 0.289 e. The molecule has 0 saturated carbocycles. The molecule has 0 bridgehead atoms. The Morgan fingerprint density at radius 3 is 2.40 bits per heavy atom. The number of alkyl halides is 2. The summed E-state index contributed by atoms with van der Waals surface area (Å²) in [6.45, 7) is 2.60. The van der Waals surface area contributed by atoms with Gasteiger partial charge in [-0.1, -0.05) is 11.6 Å². The van der Waals surface area contributed by atoms with Gasteiger partial charge >= 0.3 is 0 Å². The fourth-order valence-electron chi connectivity index (χ4n) is 1.15. The van der Waals surface area contributed by atoms with Crippen LogP contribution >= 0.6 is 11.6 Å². The highest BCUT2D eigenvalue weighted by atomic mass is 35.5. The number of hydrogen-bond acceptors (Lipinski definition) is 1. The fraction of sp³-hybridized carbons (Fsp3) is 0.400. The Morgan fingerprint density at radius 2 is 1.93 bits per heavy atom. The maximum atomic E-state index is 13.5. The van der Waals surface area contributed by atoms with E-state index < -0.39 is 23.3 Å². The predicted molar refractivity (Wildman–Crippen MR) is 53.7 cm³/mol. The van der Waals surface area contributed by atoms with Crippen LogP contribution in [-0.4, -0.2) is 6.04 Å². The largest absolute Gasteiger partial charge is 0.323 e. The monoisotopic (exact) mass is 237 g/mol. The molecule has 1 rings (SSSR count). The van der Waals surface area contributed by atoms with Gasteiger partial charge in [-0.2, -0.15) is 8.78 Å². The first-order valence-electron chi connectivity index (χ1n) is 4.36. The van der Waals surface area contributed by atoms with E-state index in [0.717, 1.165) is 13.0 Å². The highest BCUT2D eigenvalue weighted by Crippen LogP contribution is 2.36. The molecule has 0 heterocycles. The second-order valence-electron chi connectivity index (χ2n) is 3.49. The van der Waals surface area contributed by atoms with Gasteiger partial charge < -0.3 is 5.73 Å². The lowest BCUT2D eigenvalue weighted by molar-refractivity contribution is -0.0258. The molecule has 0 radical (unpaired) electrons. The molecule has 2 N–H and O–H groups in total. The minimum atomic E-state index is -3.33. The number of nitrogens with two attached hydrogens (primary N) is 1. The Labute approximate surface area is 91.0 Å². The Kier molecular flexibility index (Phi) is 3.31. The zero-order valence-corrected chi connectivity index (χ0v) is 9.08. The fourth-order valence-corrected chi connectivity index (χ4v) is 1.49. The lowest BCUT2D eigenvalue weighted by atomic mass is 10.0. The Hall–Kier alpha value is -0.740. The normalized spacial score (nSPS) is 14.1. The van der Waals surface area contributed by atoms with Crippen LogP contribution in [0.4, 0.5) is 13.2 Å². The zero-order valence-electron chi connectivity index (χ0n) is 8.32. The van der Waals surface area contributed by atoms with Gasteiger partial charge in [-0.05, 0) is 31.5 Å². The molecule has 15 heavy (non-hydrogen) atoms. The van der Waals surface area contributed by atoms with Crippen molar-refractivity contribution in [1.29, 1.82) is 0 Å². The zero-order chi connectivity index (χ0) is 11.8. The summed E-state index contributed by atoms with van der Waals surface area (Å²) >= 11 is 5.63. The number of halogens is 4. The molecule has 0 saturated heterocycles. The number of benzene rings is 1. The van der Waals surface area contributed by atoms with E-state index in [4.69, 9.17) is 17.3 Å². The highest BCUT2D eigenvalue weighted by Gasteiger charge is 2.38. The second-order valence-corrected chi connectivity index (χ2v) is 3.90. The molecule has 1 nitrogen and oxygen atoms in total. The quantitative estimate of drug-likeness (QED) is 0.840.